The summed E-state index contributed by atoms with van der Waals surface area (Å²) in [6.45, 7) is 5.37. The molecule has 4 heterocycles. The van der Waals surface area contributed by atoms with Gasteiger partial charge in [0.15, 0.2) is 11.0 Å². The van der Waals surface area contributed by atoms with Gasteiger partial charge in [-0.25, -0.2) is 9.67 Å². The summed E-state index contributed by atoms with van der Waals surface area (Å²) in [6.07, 6.45) is 5.47. The quantitative estimate of drug-likeness (QED) is 0.333. The van der Waals surface area contributed by atoms with Gasteiger partial charge in [-0.3, -0.25) is 9.69 Å². The van der Waals surface area contributed by atoms with Crippen LogP contribution in [0, 0.1) is 0 Å². The number of aryl methyl sites for hydroxylation is 1. The Labute approximate surface area is 230 Å². The third kappa shape index (κ3) is 4.51. The standard InChI is InChI=1S/C29H32N8OS/c1-2-19-11-12-23-20(17-19)18-22(28(38)30-23)26(27-32-33-34-37(27)21-7-3-4-8-21)35-13-15-36(16-14-35)29-31-24-9-5-6-10-25(24)39-29/h5-6,9-12,17-18,21,26H,2-4,7-8,13-16H2,1H3,(H,30,38)/t26-/m0/s1. The lowest BCUT2D eigenvalue weighted by Gasteiger charge is -2.38. The van der Waals surface area contributed by atoms with E-state index in [-0.39, 0.29) is 17.6 Å². The van der Waals surface area contributed by atoms with Gasteiger partial charge >= 0.3 is 0 Å². The van der Waals surface area contributed by atoms with Crippen molar-refractivity contribution in [1.82, 2.24) is 35.1 Å². The number of anilines is 1. The zero-order valence-corrected chi connectivity index (χ0v) is 22.9. The summed E-state index contributed by atoms with van der Waals surface area (Å²) in [6, 6.07) is 16.6. The van der Waals surface area contributed by atoms with E-state index in [2.05, 4.69) is 73.6 Å². The van der Waals surface area contributed by atoms with Crippen molar-refractivity contribution < 1.29 is 0 Å². The Bertz CT molecular complexity index is 1640. The third-order valence-electron chi connectivity index (χ3n) is 8.31. The van der Waals surface area contributed by atoms with Crippen LogP contribution in [0.4, 0.5) is 5.13 Å². The smallest absolute Gasteiger partial charge is 0.253 e. The second-order valence-electron chi connectivity index (χ2n) is 10.6. The van der Waals surface area contributed by atoms with Crippen molar-refractivity contribution >= 4 is 37.6 Å². The van der Waals surface area contributed by atoms with Gasteiger partial charge in [0.1, 0.15) is 6.04 Å². The molecule has 0 radical (unpaired) electrons. The molecule has 7 rings (SSSR count). The molecule has 1 N–H and O–H groups in total. The summed E-state index contributed by atoms with van der Waals surface area (Å²) < 4.78 is 3.21. The van der Waals surface area contributed by atoms with Gasteiger partial charge in [-0.2, -0.15) is 0 Å². The molecule has 1 saturated carbocycles. The van der Waals surface area contributed by atoms with E-state index in [0.29, 0.717) is 5.56 Å². The third-order valence-corrected chi connectivity index (χ3v) is 9.40. The molecule has 39 heavy (non-hydrogen) atoms. The highest BCUT2D eigenvalue weighted by atomic mass is 32.1. The number of hydrogen-bond donors (Lipinski definition) is 1. The van der Waals surface area contributed by atoms with Crippen LogP contribution in [0.25, 0.3) is 21.1 Å². The fraction of sp³-hybridized carbons (Fsp3) is 0.414. The number of rotatable bonds is 6. The van der Waals surface area contributed by atoms with Crippen molar-refractivity contribution in [2.45, 2.75) is 51.1 Å². The van der Waals surface area contributed by atoms with Crippen LogP contribution in [0.1, 0.15) is 61.6 Å². The molecule has 1 aliphatic carbocycles. The highest BCUT2D eigenvalue weighted by Gasteiger charge is 2.35. The number of tetrazole rings is 1. The van der Waals surface area contributed by atoms with E-state index < -0.39 is 0 Å². The van der Waals surface area contributed by atoms with Gasteiger partial charge in [-0.1, -0.05) is 49.3 Å². The number of nitrogens with zero attached hydrogens (tertiary/aromatic N) is 7. The van der Waals surface area contributed by atoms with Crippen LogP contribution in [0.2, 0.25) is 0 Å². The normalized spacial score (nSPS) is 17.9. The van der Waals surface area contributed by atoms with Crippen molar-refractivity contribution in [2.75, 3.05) is 31.1 Å². The molecule has 0 amide bonds. The SMILES string of the molecule is CCc1ccc2[nH]c(=O)c([C@@H](c3nnnn3C3CCCC3)N3CCN(c4nc5ccccc5s4)CC3)cc2c1. The number of thiazole rings is 1. The zero-order chi connectivity index (χ0) is 26.3. The number of para-hydroxylation sites is 1. The first kappa shape index (κ1) is 24.4. The molecule has 1 aliphatic heterocycles. The largest absolute Gasteiger partial charge is 0.345 e. The molecule has 2 fully saturated rings. The maximum Gasteiger partial charge on any atom is 0.253 e. The molecular weight excluding hydrogens is 508 g/mol. The predicted molar refractivity (Wildman–Crippen MR) is 155 cm³/mol. The van der Waals surface area contributed by atoms with Crippen molar-refractivity contribution in [3.63, 3.8) is 0 Å². The van der Waals surface area contributed by atoms with Gasteiger partial charge < -0.3 is 9.88 Å². The highest BCUT2D eigenvalue weighted by molar-refractivity contribution is 7.22. The van der Waals surface area contributed by atoms with Crippen LogP contribution in [-0.4, -0.2) is 61.3 Å². The minimum absolute atomic E-state index is 0.0775. The number of piperazine rings is 1. The number of H-pyrrole nitrogens is 1. The van der Waals surface area contributed by atoms with Crippen LogP contribution in [0.5, 0.6) is 0 Å². The number of benzene rings is 2. The number of aromatic nitrogens is 6. The predicted octanol–water partition coefficient (Wildman–Crippen LogP) is 4.71. The fourth-order valence-corrected chi connectivity index (χ4v) is 7.17. The molecule has 3 aromatic heterocycles. The summed E-state index contributed by atoms with van der Waals surface area (Å²) in [4.78, 5) is 26.4. The van der Waals surface area contributed by atoms with E-state index in [0.717, 1.165) is 72.8 Å². The summed E-state index contributed by atoms with van der Waals surface area (Å²) in [5.41, 5.74) is 3.78. The van der Waals surface area contributed by atoms with E-state index >= 15 is 0 Å². The highest BCUT2D eigenvalue weighted by Crippen LogP contribution is 2.35. The Kier molecular flexibility index (Phi) is 6.36. The minimum atomic E-state index is -0.323. The number of hydrogen-bond acceptors (Lipinski definition) is 8. The molecule has 5 aromatic rings. The second kappa shape index (κ2) is 10.2. The van der Waals surface area contributed by atoms with Gasteiger partial charge in [-0.05, 0) is 71.0 Å². The number of nitrogens with one attached hydrogen (secondary N) is 1. The van der Waals surface area contributed by atoms with E-state index in [1.165, 1.54) is 23.1 Å². The van der Waals surface area contributed by atoms with Crippen LogP contribution in [0.15, 0.2) is 53.3 Å². The first-order chi connectivity index (χ1) is 19.2. The zero-order valence-electron chi connectivity index (χ0n) is 22.1. The van der Waals surface area contributed by atoms with E-state index in [9.17, 15) is 4.79 Å². The molecule has 1 saturated heterocycles. The van der Waals surface area contributed by atoms with Crippen LogP contribution in [0.3, 0.4) is 0 Å². The summed E-state index contributed by atoms with van der Waals surface area (Å²) in [5.74, 6) is 0.770. The van der Waals surface area contributed by atoms with Gasteiger partial charge in [-0.15, -0.1) is 5.10 Å². The van der Waals surface area contributed by atoms with Gasteiger partial charge in [0.2, 0.25) is 0 Å². The summed E-state index contributed by atoms with van der Waals surface area (Å²) >= 11 is 1.74. The fourth-order valence-electron chi connectivity index (χ4n) is 6.15. The van der Waals surface area contributed by atoms with E-state index in [1.54, 1.807) is 11.3 Å². The number of fused-ring (bicyclic) bond motifs is 2. The Hall–Kier alpha value is -3.63. The first-order valence-electron chi connectivity index (χ1n) is 14.0. The minimum Gasteiger partial charge on any atom is -0.345 e. The molecule has 10 heteroatoms. The molecule has 0 bridgehead atoms. The molecule has 9 nitrogen and oxygen atoms in total. The number of pyridine rings is 1. The molecule has 0 unspecified atom stereocenters. The Morgan fingerprint density at radius 3 is 2.67 bits per heavy atom. The van der Waals surface area contributed by atoms with Crippen molar-refractivity contribution in [1.29, 1.82) is 0 Å². The van der Waals surface area contributed by atoms with Crippen molar-refractivity contribution in [3.8, 4) is 0 Å². The summed E-state index contributed by atoms with van der Waals surface area (Å²) in [7, 11) is 0. The molecule has 200 valence electrons. The molecule has 2 aliphatic rings. The van der Waals surface area contributed by atoms with Gasteiger partial charge in [0.25, 0.3) is 5.56 Å². The lowest BCUT2D eigenvalue weighted by Crippen LogP contribution is -2.49. The molecule has 0 spiro atoms. The summed E-state index contributed by atoms with van der Waals surface area (Å²) in [5, 5.41) is 15.2. The molecule has 1 atom stereocenters. The Morgan fingerprint density at radius 2 is 1.87 bits per heavy atom. The van der Waals surface area contributed by atoms with Crippen LogP contribution >= 0.6 is 11.3 Å². The van der Waals surface area contributed by atoms with Gasteiger partial charge in [0.05, 0.1) is 16.3 Å². The lowest BCUT2D eigenvalue weighted by atomic mass is 10.0. The molecular formula is C29H32N8OS. The van der Waals surface area contributed by atoms with Crippen LogP contribution in [-0.2, 0) is 6.42 Å². The van der Waals surface area contributed by atoms with Crippen molar-refractivity contribution in [3.05, 3.63) is 75.8 Å². The lowest BCUT2D eigenvalue weighted by molar-refractivity contribution is 0.197. The average molecular weight is 541 g/mol. The maximum atomic E-state index is 13.6. The van der Waals surface area contributed by atoms with Gasteiger partial charge in [0, 0.05) is 37.3 Å². The van der Waals surface area contributed by atoms with Crippen molar-refractivity contribution in [2.24, 2.45) is 0 Å². The van der Waals surface area contributed by atoms with E-state index in [1.807, 2.05) is 16.8 Å². The Balaban J connectivity index is 1.26. The van der Waals surface area contributed by atoms with Crippen LogP contribution < -0.4 is 10.5 Å². The molecule has 2 aromatic carbocycles. The maximum absolute atomic E-state index is 13.6. The first-order valence-corrected chi connectivity index (χ1v) is 14.8. The topological polar surface area (TPSA) is 95.8 Å². The monoisotopic (exact) mass is 540 g/mol. The number of aromatic amines is 1. The Morgan fingerprint density at radius 1 is 1.05 bits per heavy atom. The van der Waals surface area contributed by atoms with E-state index in [4.69, 9.17) is 4.98 Å². The second-order valence-corrected chi connectivity index (χ2v) is 11.6. The average Bonchev–Trinajstić information content (AvgIpc) is 3.74.